The topological polar surface area (TPSA) is 122 Å². The summed E-state index contributed by atoms with van der Waals surface area (Å²) in [5.74, 6) is -0.712. The number of alkyl halides is 3. The molecule has 1 fully saturated rings. The molecule has 0 bridgehead atoms. The number of amides is 1. The van der Waals surface area contributed by atoms with Crippen molar-refractivity contribution in [2.45, 2.75) is 54.3 Å². The average Bonchev–Trinajstić information content (AvgIpc) is 2.97. The maximum absolute atomic E-state index is 12.2. The van der Waals surface area contributed by atoms with Crippen LogP contribution in [-0.4, -0.2) is 53.1 Å². The monoisotopic (exact) mass is 636 g/mol. The number of nitrogens with two attached hydrogens (primary N) is 1. The number of hydrogen-bond donors (Lipinski definition) is 2. The van der Waals surface area contributed by atoms with Gasteiger partial charge < -0.3 is 34.2 Å². The van der Waals surface area contributed by atoms with Gasteiger partial charge in [0, 0.05) is 0 Å². The van der Waals surface area contributed by atoms with Gasteiger partial charge in [0.25, 0.3) is 3.79 Å². The van der Waals surface area contributed by atoms with Gasteiger partial charge in [0.15, 0.2) is 12.2 Å². The molecule has 4 rings (SSSR count). The van der Waals surface area contributed by atoms with Gasteiger partial charge in [0.05, 0.1) is 26.4 Å². The first-order valence-electron chi connectivity index (χ1n) is 13.1. The van der Waals surface area contributed by atoms with E-state index < -0.39 is 46.5 Å². The second kappa shape index (κ2) is 15.5. The van der Waals surface area contributed by atoms with E-state index in [0.29, 0.717) is 0 Å². The molecule has 42 heavy (non-hydrogen) atoms. The molecular formula is C30H31Cl3N2O7. The van der Waals surface area contributed by atoms with Gasteiger partial charge in [-0.2, -0.15) is 0 Å². The van der Waals surface area contributed by atoms with Crippen molar-refractivity contribution in [1.29, 1.82) is 5.41 Å². The van der Waals surface area contributed by atoms with Crippen molar-refractivity contribution in [1.82, 2.24) is 0 Å². The summed E-state index contributed by atoms with van der Waals surface area (Å²) in [4.78, 5) is 12.2. The number of nitrogens with one attached hydrogen (secondary N) is 1. The van der Waals surface area contributed by atoms with E-state index in [1.165, 1.54) is 0 Å². The van der Waals surface area contributed by atoms with E-state index in [9.17, 15) is 4.79 Å². The molecule has 12 heteroatoms. The number of ether oxygens (including phenoxy) is 6. The molecule has 0 unspecified atom stereocenters. The third-order valence-corrected chi connectivity index (χ3v) is 6.81. The van der Waals surface area contributed by atoms with Gasteiger partial charge >= 0.3 is 6.09 Å². The number of carbonyl (C=O) groups is 1. The van der Waals surface area contributed by atoms with Crippen molar-refractivity contribution in [3.63, 3.8) is 0 Å². The SMILES string of the molecule is N=C(O[C@H]1O[C@H](COCc2ccccc2)[C@@H](OCc2ccccc2)[C@H](OC(N)=O)[C@@H]1OCc1ccccc1)C(Cl)(Cl)Cl. The molecule has 0 aliphatic carbocycles. The Kier molecular flexibility index (Phi) is 11.9. The van der Waals surface area contributed by atoms with Gasteiger partial charge in [-0.05, 0) is 16.7 Å². The number of carbonyl (C=O) groups excluding carboxylic acids is 1. The van der Waals surface area contributed by atoms with Crippen molar-refractivity contribution < 1.29 is 33.2 Å². The Morgan fingerprint density at radius 3 is 1.69 bits per heavy atom. The summed E-state index contributed by atoms with van der Waals surface area (Å²) in [6, 6.07) is 28.3. The quantitative estimate of drug-likeness (QED) is 0.143. The Labute approximate surface area is 259 Å². The molecule has 1 saturated heterocycles. The highest BCUT2D eigenvalue weighted by molar-refractivity contribution is 6.76. The van der Waals surface area contributed by atoms with E-state index in [-0.39, 0.29) is 26.4 Å². The zero-order valence-corrected chi connectivity index (χ0v) is 24.7. The minimum absolute atomic E-state index is 0.000656. The predicted octanol–water partition coefficient (Wildman–Crippen LogP) is 5.93. The molecule has 3 aromatic rings. The van der Waals surface area contributed by atoms with Gasteiger partial charge in [-0.1, -0.05) is 126 Å². The second-order valence-corrected chi connectivity index (χ2v) is 11.7. The predicted molar refractivity (Wildman–Crippen MR) is 158 cm³/mol. The Balaban J connectivity index is 1.63. The minimum atomic E-state index is -2.19. The number of hydrogen-bond acceptors (Lipinski definition) is 8. The highest BCUT2D eigenvalue weighted by Gasteiger charge is 2.52. The second-order valence-electron chi connectivity index (χ2n) is 9.41. The standard InChI is InChI=1S/C30H31Cl3N2O7/c31-30(32,33)28(34)42-27-26(39-18-22-14-8-3-9-15-22)25(41-29(35)36)24(38-17-21-12-6-2-7-13-21)23(40-27)19-37-16-20-10-4-1-5-11-20/h1-15,23-27,34H,16-19H2,(H2,35,36)/t23-,24-,25+,26+,27-/m1/s1. The summed E-state index contributed by atoms with van der Waals surface area (Å²) < 4.78 is 33.8. The maximum atomic E-state index is 12.2. The summed E-state index contributed by atoms with van der Waals surface area (Å²) in [6.45, 7) is 0.509. The normalized spacial score (nSPS) is 22.3. The van der Waals surface area contributed by atoms with Crippen LogP contribution in [0.2, 0.25) is 0 Å². The molecule has 3 N–H and O–H groups in total. The van der Waals surface area contributed by atoms with E-state index >= 15 is 0 Å². The van der Waals surface area contributed by atoms with Gasteiger partial charge in [0.1, 0.15) is 12.2 Å². The summed E-state index contributed by atoms with van der Waals surface area (Å²) >= 11 is 17.7. The fourth-order valence-electron chi connectivity index (χ4n) is 4.34. The lowest BCUT2D eigenvalue weighted by molar-refractivity contribution is -0.303. The highest BCUT2D eigenvalue weighted by atomic mass is 35.6. The molecule has 3 aromatic carbocycles. The van der Waals surface area contributed by atoms with Crippen LogP contribution in [0.3, 0.4) is 0 Å². The van der Waals surface area contributed by atoms with Crippen LogP contribution in [-0.2, 0) is 48.2 Å². The largest absolute Gasteiger partial charge is 0.445 e. The Hall–Kier alpha value is -2.89. The minimum Gasteiger partial charge on any atom is -0.445 e. The maximum Gasteiger partial charge on any atom is 0.404 e. The summed E-state index contributed by atoms with van der Waals surface area (Å²) in [5, 5.41) is 8.18. The fourth-order valence-corrected chi connectivity index (χ4v) is 4.47. The molecular weight excluding hydrogens is 607 g/mol. The lowest BCUT2D eigenvalue weighted by atomic mass is 9.98. The third-order valence-electron chi connectivity index (χ3n) is 6.30. The molecule has 1 heterocycles. The van der Waals surface area contributed by atoms with Crippen molar-refractivity contribution >= 4 is 46.8 Å². The third kappa shape index (κ3) is 9.57. The summed E-state index contributed by atoms with van der Waals surface area (Å²) in [6.07, 6.45) is -6.51. The van der Waals surface area contributed by atoms with Gasteiger partial charge in [-0.3, -0.25) is 5.41 Å². The van der Waals surface area contributed by atoms with Crippen LogP contribution in [0.5, 0.6) is 0 Å². The zero-order valence-electron chi connectivity index (χ0n) is 22.4. The molecule has 1 amide bonds. The zero-order chi connectivity index (χ0) is 30.0. The summed E-state index contributed by atoms with van der Waals surface area (Å²) in [5.41, 5.74) is 8.14. The molecule has 9 nitrogen and oxygen atoms in total. The highest BCUT2D eigenvalue weighted by Crippen LogP contribution is 2.34. The van der Waals surface area contributed by atoms with E-state index in [1.54, 1.807) is 0 Å². The van der Waals surface area contributed by atoms with Crippen molar-refractivity contribution in [3.8, 4) is 0 Å². The first kappa shape index (κ1) is 32.0. The van der Waals surface area contributed by atoms with E-state index in [2.05, 4.69) is 0 Å². The van der Waals surface area contributed by atoms with E-state index in [0.717, 1.165) is 16.7 Å². The Morgan fingerprint density at radius 1 is 0.738 bits per heavy atom. The molecule has 0 radical (unpaired) electrons. The molecule has 0 spiro atoms. The molecule has 1 aliphatic rings. The molecule has 0 saturated carbocycles. The van der Waals surface area contributed by atoms with Gasteiger partial charge in [-0.15, -0.1) is 0 Å². The van der Waals surface area contributed by atoms with Crippen LogP contribution in [0.25, 0.3) is 0 Å². The smallest absolute Gasteiger partial charge is 0.404 e. The first-order chi connectivity index (χ1) is 20.2. The average molecular weight is 638 g/mol. The van der Waals surface area contributed by atoms with E-state index in [1.807, 2.05) is 91.0 Å². The molecule has 5 atom stereocenters. The first-order valence-corrected chi connectivity index (χ1v) is 14.2. The van der Waals surface area contributed by atoms with Crippen LogP contribution in [0, 0.1) is 5.41 Å². The lowest BCUT2D eigenvalue weighted by Crippen LogP contribution is -2.63. The number of halogens is 3. The molecule has 0 aromatic heterocycles. The molecule has 1 aliphatic heterocycles. The van der Waals surface area contributed by atoms with Crippen LogP contribution in [0.4, 0.5) is 4.79 Å². The lowest BCUT2D eigenvalue weighted by Gasteiger charge is -2.45. The van der Waals surface area contributed by atoms with E-state index in [4.69, 9.17) is 74.4 Å². The van der Waals surface area contributed by atoms with Crippen LogP contribution in [0.1, 0.15) is 16.7 Å². The van der Waals surface area contributed by atoms with Crippen LogP contribution < -0.4 is 5.73 Å². The van der Waals surface area contributed by atoms with Crippen LogP contribution >= 0.6 is 34.8 Å². The van der Waals surface area contributed by atoms with Gasteiger partial charge in [-0.25, -0.2) is 4.79 Å². The van der Waals surface area contributed by atoms with Crippen molar-refractivity contribution in [3.05, 3.63) is 108 Å². The van der Waals surface area contributed by atoms with Crippen LogP contribution in [0.15, 0.2) is 91.0 Å². The number of benzene rings is 3. The summed E-state index contributed by atoms with van der Waals surface area (Å²) in [7, 11) is 0. The van der Waals surface area contributed by atoms with Gasteiger partial charge in [0.2, 0.25) is 12.2 Å². The van der Waals surface area contributed by atoms with Crippen molar-refractivity contribution in [2.75, 3.05) is 6.61 Å². The Morgan fingerprint density at radius 2 is 1.21 bits per heavy atom. The number of primary amides is 1. The van der Waals surface area contributed by atoms with Crippen molar-refractivity contribution in [2.24, 2.45) is 5.73 Å². The number of rotatable bonds is 12. The fraction of sp³-hybridized carbons (Fsp3) is 0.333. The Bertz CT molecular complexity index is 1270. The molecule has 224 valence electrons.